The Morgan fingerprint density at radius 1 is 0.686 bits per heavy atom. The van der Waals surface area contributed by atoms with E-state index < -0.39 is 71.8 Å². The SMILES string of the molecule is C=CC[C@H](NC(=O)[C@H](CCCCN)NC(=O)[C@H](CCCCN)NC(=O)[C@H](C)N)C(=O)N[C@@H](Cc1ccc(N)cc1)C(=O)N[C@@H](CC(C)C)C(=O)O. The van der Waals surface area contributed by atoms with E-state index in [1.807, 2.05) is 13.8 Å². The van der Waals surface area contributed by atoms with Crippen molar-refractivity contribution < 1.29 is 33.9 Å². The van der Waals surface area contributed by atoms with Gasteiger partial charge in [0.2, 0.25) is 29.5 Å². The molecule has 16 heteroatoms. The zero-order valence-electron chi connectivity index (χ0n) is 30.1. The Morgan fingerprint density at radius 2 is 1.12 bits per heavy atom. The Morgan fingerprint density at radius 3 is 1.57 bits per heavy atom. The van der Waals surface area contributed by atoms with Crippen molar-refractivity contribution in [2.45, 2.75) is 115 Å². The van der Waals surface area contributed by atoms with Gasteiger partial charge in [-0.3, -0.25) is 24.0 Å². The van der Waals surface area contributed by atoms with E-state index in [4.69, 9.17) is 22.9 Å². The number of nitrogen functional groups attached to an aromatic ring is 1. The summed E-state index contributed by atoms with van der Waals surface area (Å²) in [5.41, 5.74) is 23.9. The Hall–Kier alpha value is -4.54. The third-order valence-corrected chi connectivity index (χ3v) is 7.98. The van der Waals surface area contributed by atoms with E-state index >= 15 is 0 Å². The Bertz CT molecular complexity index is 1290. The van der Waals surface area contributed by atoms with Crippen molar-refractivity contribution in [2.75, 3.05) is 18.8 Å². The lowest BCUT2D eigenvalue weighted by atomic mass is 10.0. The quantitative estimate of drug-likeness (QED) is 0.0351. The molecule has 286 valence electrons. The van der Waals surface area contributed by atoms with Crippen molar-refractivity contribution in [3.63, 3.8) is 0 Å². The molecule has 51 heavy (non-hydrogen) atoms. The van der Waals surface area contributed by atoms with Crippen LogP contribution in [0.1, 0.15) is 77.7 Å². The van der Waals surface area contributed by atoms with E-state index in [0.29, 0.717) is 50.0 Å². The first-order chi connectivity index (χ1) is 24.1. The number of anilines is 1. The number of hydrogen-bond acceptors (Lipinski definition) is 10. The van der Waals surface area contributed by atoms with Gasteiger partial charge in [-0.2, -0.15) is 0 Å². The number of nitrogens with two attached hydrogens (primary N) is 4. The zero-order valence-corrected chi connectivity index (χ0v) is 30.1. The number of aliphatic carboxylic acids is 1. The minimum absolute atomic E-state index is 0.00290. The fourth-order valence-corrected chi connectivity index (χ4v) is 5.11. The lowest BCUT2D eigenvalue weighted by Crippen LogP contribution is -2.59. The van der Waals surface area contributed by atoms with Gasteiger partial charge in [-0.15, -0.1) is 6.58 Å². The fraction of sp³-hybridized carbons (Fsp3) is 0.600. The molecular weight excluding hydrogens is 658 g/mol. The molecule has 1 rings (SSSR count). The summed E-state index contributed by atoms with van der Waals surface area (Å²) >= 11 is 0. The third-order valence-electron chi connectivity index (χ3n) is 7.98. The van der Waals surface area contributed by atoms with Gasteiger partial charge in [-0.25, -0.2) is 4.79 Å². The molecule has 6 atom stereocenters. The number of hydrogen-bond donors (Lipinski definition) is 10. The standard InChI is InChI=1S/C35H59N9O7/c1-5-10-25(31(46)43-28(20-23-13-15-24(39)16-14-23)34(49)44-29(35(50)51)19-21(2)3)41-33(48)27(12-7-9-18-37)42-32(47)26(11-6-8-17-36)40-30(45)22(4)38/h5,13-16,21-22,25-29H,1,6-12,17-20,36-39H2,2-4H3,(H,40,45)(H,41,48)(H,42,47)(H,43,46)(H,44,49)(H,50,51)/t22-,25-,26-,27-,28-,29-/m0/s1. The Labute approximate surface area is 300 Å². The molecule has 5 amide bonds. The maximum absolute atomic E-state index is 13.7. The van der Waals surface area contributed by atoms with Crippen molar-refractivity contribution in [3.8, 4) is 0 Å². The number of amides is 5. The average molecular weight is 718 g/mol. The van der Waals surface area contributed by atoms with E-state index in [2.05, 4.69) is 33.2 Å². The summed E-state index contributed by atoms with van der Waals surface area (Å²) in [5.74, 6) is -4.52. The summed E-state index contributed by atoms with van der Waals surface area (Å²) in [5, 5.41) is 22.9. The second-order valence-electron chi connectivity index (χ2n) is 13.1. The van der Waals surface area contributed by atoms with Gasteiger partial charge in [0.25, 0.3) is 0 Å². The summed E-state index contributed by atoms with van der Waals surface area (Å²) in [6.45, 7) is 9.57. The van der Waals surface area contributed by atoms with Gasteiger partial charge in [-0.1, -0.05) is 32.1 Å². The van der Waals surface area contributed by atoms with Gasteiger partial charge in [0, 0.05) is 12.1 Å². The molecule has 0 fully saturated rings. The van der Waals surface area contributed by atoms with E-state index in [0.717, 1.165) is 0 Å². The zero-order chi connectivity index (χ0) is 38.5. The molecule has 1 aromatic rings. The van der Waals surface area contributed by atoms with Crippen molar-refractivity contribution in [3.05, 3.63) is 42.5 Å². The van der Waals surface area contributed by atoms with E-state index in [1.54, 1.807) is 24.3 Å². The first-order valence-electron chi connectivity index (χ1n) is 17.5. The van der Waals surface area contributed by atoms with Crippen LogP contribution in [0.3, 0.4) is 0 Å². The van der Waals surface area contributed by atoms with Crippen molar-refractivity contribution in [1.82, 2.24) is 26.6 Å². The largest absolute Gasteiger partial charge is 0.480 e. The summed E-state index contributed by atoms with van der Waals surface area (Å²) < 4.78 is 0. The predicted octanol–water partition coefficient (Wildman–Crippen LogP) is -0.453. The molecule has 0 aliphatic heterocycles. The van der Waals surface area contributed by atoms with Gasteiger partial charge in [0.15, 0.2) is 0 Å². The van der Waals surface area contributed by atoms with Crippen molar-refractivity contribution in [2.24, 2.45) is 23.1 Å². The number of rotatable bonds is 25. The number of unbranched alkanes of at least 4 members (excludes halogenated alkanes) is 2. The predicted molar refractivity (Wildman–Crippen MR) is 196 cm³/mol. The van der Waals surface area contributed by atoms with Gasteiger partial charge in [-0.05, 0) is 95.0 Å². The fourth-order valence-electron chi connectivity index (χ4n) is 5.11. The van der Waals surface area contributed by atoms with Crippen LogP contribution in [0.2, 0.25) is 0 Å². The number of benzene rings is 1. The van der Waals surface area contributed by atoms with Crippen LogP contribution in [0.25, 0.3) is 0 Å². The molecular formula is C35H59N9O7. The van der Waals surface area contributed by atoms with Crippen LogP contribution < -0.4 is 49.5 Å². The van der Waals surface area contributed by atoms with Crippen LogP contribution in [-0.4, -0.2) is 90.0 Å². The molecule has 1 aromatic carbocycles. The average Bonchev–Trinajstić information content (AvgIpc) is 3.07. The van der Waals surface area contributed by atoms with Crippen LogP contribution in [0.5, 0.6) is 0 Å². The smallest absolute Gasteiger partial charge is 0.326 e. The van der Waals surface area contributed by atoms with Crippen LogP contribution in [0, 0.1) is 5.92 Å². The maximum Gasteiger partial charge on any atom is 0.326 e. The van der Waals surface area contributed by atoms with Gasteiger partial charge >= 0.3 is 5.97 Å². The molecule has 0 unspecified atom stereocenters. The molecule has 0 aliphatic carbocycles. The molecule has 14 N–H and O–H groups in total. The molecule has 0 aliphatic rings. The minimum Gasteiger partial charge on any atom is -0.480 e. The molecule has 0 radical (unpaired) electrons. The highest BCUT2D eigenvalue weighted by atomic mass is 16.4. The lowest BCUT2D eigenvalue weighted by molar-refractivity contribution is -0.142. The molecule has 0 heterocycles. The van der Waals surface area contributed by atoms with E-state index in [9.17, 15) is 33.9 Å². The lowest BCUT2D eigenvalue weighted by Gasteiger charge is -2.27. The third kappa shape index (κ3) is 17.3. The summed E-state index contributed by atoms with van der Waals surface area (Å²) in [6, 6.07) is 0.0568. The van der Waals surface area contributed by atoms with Crippen LogP contribution in [-0.2, 0) is 35.2 Å². The maximum atomic E-state index is 13.7. The van der Waals surface area contributed by atoms with Crippen molar-refractivity contribution in [1.29, 1.82) is 0 Å². The highest BCUT2D eigenvalue weighted by molar-refractivity contribution is 5.96. The second kappa shape index (κ2) is 23.8. The monoisotopic (exact) mass is 717 g/mol. The number of carbonyl (C=O) groups is 6. The Balaban J connectivity index is 3.29. The highest BCUT2D eigenvalue weighted by Crippen LogP contribution is 2.12. The summed E-state index contributed by atoms with van der Waals surface area (Å²) in [6.07, 6.45) is 4.18. The second-order valence-corrected chi connectivity index (χ2v) is 13.1. The van der Waals surface area contributed by atoms with Gasteiger partial charge in [0.1, 0.15) is 30.2 Å². The van der Waals surface area contributed by atoms with Gasteiger partial charge in [0.05, 0.1) is 6.04 Å². The summed E-state index contributed by atoms with van der Waals surface area (Å²) in [4.78, 5) is 78.6. The summed E-state index contributed by atoms with van der Waals surface area (Å²) in [7, 11) is 0. The molecule has 0 saturated heterocycles. The van der Waals surface area contributed by atoms with E-state index in [-0.39, 0.29) is 38.0 Å². The molecule has 0 aromatic heterocycles. The number of carboxylic acid groups (broad SMARTS) is 1. The molecule has 0 spiro atoms. The number of nitrogens with one attached hydrogen (secondary N) is 5. The normalized spacial score (nSPS) is 14.6. The first kappa shape index (κ1) is 44.5. The molecule has 0 saturated carbocycles. The van der Waals surface area contributed by atoms with Crippen LogP contribution >= 0.6 is 0 Å². The number of carbonyl (C=O) groups excluding carboxylic acids is 5. The minimum atomic E-state index is -1.22. The van der Waals surface area contributed by atoms with Crippen LogP contribution in [0.4, 0.5) is 5.69 Å². The first-order valence-corrected chi connectivity index (χ1v) is 17.5. The molecule has 16 nitrogen and oxygen atoms in total. The number of carboxylic acids is 1. The molecule has 0 bridgehead atoms. The van der Waals surface area contributed by atoms with Crippen molar-refractivity contribution >= 4 is 41.2 Å². The van der Waals surface area contributed by atoms with Crippen LogP contribution in [0.15, 0.2) is 36.9 Å². The topological polar surface area (TPSA) is 287 Å². The Kier molecular flexibility index (Phi) is 20.7. The van der Waals surface area contributed by atoms with Gasteiger partial charge < -0.3 is 54.6 Å². The van der Waals surface area contributed by atoms with E-state index in [1.165, 1.54) is 13.0 Å². The highest BCUT2D eigenvalue weighted by Gasteiger charge is 2.32.